The molecule has 0 spiro atoms. The number of hydrogen-bond acceptors (Lipinski definition) is 4. The molecule has 182 valence electrons. The van der Waals surface area contributed by atoms with Crippen LogP contribution in [0.5, 0.6) is 0 Å². The topological polar surface area (TPSA) is 79.4 Å². The third kappa shape index (κ3) is 3.90. The van der Waals surface area contributed by atoms with Crippen LogP contribution in [0.2, 0.25) is 0 Å². The van der Waals surface area contributed by atoms with Gasteiger partial charge in [0.1, 0.15) is 11.9 Å². The summed E-state index contributed by atoms with van der Waals surface area (Å²) in [5.74, 6) is -4.02. The van der Waals surface area contributed by atoms with E-state index >= 15 is 13.2 Å². The van der Waals surface area contributed by atoms with E-state index < -0.39 is 45.8 Å². The number of halogens is 3. The molecule has 4 fully saturated rings. The molecule has 10 heteroatoms. The second-order valence-electron chi connectivity index (χ2n) is 10.0. The van der Waals surface area contributed by atoms with Gasteiger partial charge in [0.05, 0.1) is 30.0 Å². The van der Waals surface area contributed by atoms with Crippen LogP contribution < -0.4 is 4.72 Å². The summed E-state index contributed by atoms with van der Waals surface area (Å²) < 4.78 is 71.6. The predicted molar refractivity (Wildman–Crippen MR) is 120 cm³/mol. The molecule has 1 aromatic carbocycles. The van der Waals surface area contributed by atoms with Gasteiger partial charge in [-0.15, -0.1) is 0 Å². The SMILES string of the molecule is Cc1cccc(-c2cccc(C[C@H]3[C@@H](NS(C)(=O)=O)C(F)(F)CN3C(=O)C34CC(C3)C4)c2F)n1. The van der Waals surface area contributed by atoms with Crippen molar-refractivity contribution < 1.29 is 26.4 Å². The van der Waals surface area contributed by atoms with Crippen molar-refractivity contribution in [3.8, 4) is 11.3 Å². The van der Waals surface area contributed by atoms with Crippen molar-refractivity contribution in [2.24, 2.45) is 11.3 Å². The molecule has 2 heterocycles. The molecule has 3 aliphatic carbocycles. The van der Waals surface area contributed by atoms with E-state index in [4.69, 9.17) is 0 Å². The molecular formula is C24H26F3N3O3S. The largest absolute Gasteiger partial charge is 0.331 e. The summed E-state index contributed by atoms with van der Waals surface area (Å²) in [6.07, 6.45) is 2.57. The second kappa shape index (κ2) is 7.78. The Balaban J connectivity index is 1.52. The van der Waals surface area contributed by atoms with Gasteiger partial charge in [0.2, 0.25) is 15.9 Å². The zero-order valence-electron chi connectivity index (χ0n) is 18.9. The molecule has 1 amide bonds. The molecule has 1 saturated heterocycles. The van der Waals surface area contributed by atoms with Crippen molar-refractivity contribution in [2.75, 3.05) is 12.8 Å². The highest BCUT2D eigenvalue weighted by atomic mass is 32.2. The van der Waals surface area contributed by atoms with Gasteiger partial charge in [-0.25, -0.2) is 26.3 Å². The van der Waals surface area contributed by atoms with Crippen molar-refractivity contribution >= 4 is 15.9 Å². The number of benzene rings is 1. The van der Waals surface area contributed by atoms with Crippen LogP contribution in [0.15, 0.2) is 36.4 Å². The van der Waals surface area contributed by atoms with Crippen LogP contribution in [0.25, 0.3) is 11.3 Å². The van der Waals surface area contributed by atoms with Gasteiger partial charge >= 0.3 is 0 Å². The Hall–Kier alpha value is -2.46. The van der Waals surface area contributed by atoms with Crippen LogP contribution in [0.4, 0.5) is 13.2 Å². The summed E-state index contributed by atoms with van der Waals surface area (Å²) in [6, 6.07) is 6.76. The molecule has 6 nitrogen and oxygen atoms in total. The van der Waals surface area contributed by atoms with Gasteiger partial charge in [-0.3, -0.25) is 9.78 Å². The van der Waals surface area contributed by atoms with Crippen LogP contribution in [0, 0.1) is 24.1 Å². The van der Waals surface area contributed by atoms with Crippen LogP contribution in [-0.2, 0) is 21.2 Å². The van der Waals surface area contributed by atoms with Gasteiger partial charge in [-0.05, 0) is 62.3 Å². The Morgan fingerprint density at radius 2 is 1.85 bits per heavy atom. The Morgan fingerprint density at radius 3 is 2.44 bits per heavy atom. The van der Waals surface area contributed by atoms with Gasteiger partial charge in [0.25, 0.3) is 5.92 Å². The normalized spacial score (nSPS) is 29.4. The number of carbonyl (C=O) groups is 1. The molecule has 2 atom stereocenters. The van der Waals surface area contributed by atoms with Gasteiger partial charge in [-0.2, -0.15) is 0 Å². The van der Waals surface area contributed by atoms with E-state index in [1.165, 1.54) is 6.07 Å². The molecule has 2 bridgehead atoms. The lowest BCUT2D eigenvalue weighted by Gasteiger charge is -2.61. The highest BCUT2D eigenvalue weighted by Crippen LogP contribution is 2.65. The minimum Gasteiger partial charge on any atom is -0.331 e. The van der Waals surface area contributed by atoms with E-state index in [0.29, 0.717) is 36.6 Å². The molecule has 0 radical (unpaired) electrons. The summed E-state index contributed by atoms with van der Waals surface area (Å²) in [7, 11) is -4.01. The number of amides is 1. The summed E-state index contributed by atoms with van der Waals surface area (Å²) in [6.45, 7) is 0.887. The third-order valence-electron chi connectivity index (χ3n) is 7.39. The number of carbonyl (C=O) groups excluding carboxylic acids is 1. The molecule has 6 rings (SSSR count). The minimum absolute atomic E-state index is 0.124. The van der Waals surface area contributed by atoms with Gasteiger partial charge in [0, 0.05) is 11.3 Å². The number of nitrogens with one attached hydrogen (secondary N) is 1. The van der Waals surface area contributed by atoms with E-state index in [2.05, 4.69) is 4.98 Å². The fourth-order valence-electron chi connectivity index (χ4n) is 5.65. The zero-order valence-corrected chi connectivity index (χ0v) is 19.7. The minimum atomic E-state index is -4.01. The maximum atomic E-state index is 15.6. The maximum Gasteiger partial charge on any atom is 0.283 e. The summed E-state index contributed by atoms with van der Waals surface area (Å²) >= 11 is 0. The molecular weight excluding hydrogens is 467 g/mol. The molecule has 34 heavy (non-hydrogen) atoms. The zero-order chi connectivity index (χ0) is 24.5. The summed E-state index contributed by atoms with van der Waals surface area (Å²) in [5.41, 5.74) is 0.828. The van der Waals surface area contributed by atoms with Gasteiger partial charge in [-0.1, -0.05) is 18.2 Å². The fourth-order valence-corrected chi connectivity index (χ4v) is 6.44. The molecule has 3 saturated carbocycles. The van der Waals surface area contributed by atoms with E-state index in [1.54, 1.807) is 37.3 Å². The molecule has 0 unspecified atom stereocenters. The van der Waals surface area contributed by atoms with Gasteiger partial charge < -0.3 is 4.90 Å². The van der Waals surface area contributed by atoms with Gasteiger partial charge in [0.15, 0.2) is 0 Å². The fraction of sp³-hybridized carbons (Fsp3) is 0.500. The van der Waals surface area contributed by atoms with Crippen molar-refractivity contribution in [3.05, 3.63) is 53.5 Å². The quantitative estimate of drug-likeness (QED) is 0.670. The van der Waals surface area contributed by atoms with Crippen molar-refractivity contribution in [3.63, 3.8) is 0 Å². The average molecular weight is 494 g/mol. The number of pyridine rings is 1. The maximum absolute atomic E-state index is 15.6. The monoisotopic (exact) mass is 493 g/mol. The first-order chi connectivity index (χ1) is 15.9. The highest BCUT2D eigenvalue weighted by Gasteiger charge is 2.66. The number of aryl methyl sites for hydroxylation is 1. The Morgan fingerprint density at radius 1 is 1.18 bits per heavy atom. The average Bonchev–Trinajstić information content (AvgIpc) is 2.90. The number of nitrogens with zero attached hydrogens (tertiary/aromatic N) is 2. The number of aromatic nitrogens is 1. The first-order valence-corrected chi connectivity index (χ1v) is 13.2. The molecule has 1 aromatic heterocycles. The first-order valence-electron chi connectivity index (χ1n) is 11.3. The highest BCUT2D eigenvalue weighted by molar-refractivity contribution is 7.88. The third-order valence-corrected chi connectivity index (χ3v) is 8.07. The standard InChI is InChI=1S/C24H26F3N3O3S/c1-14-5-3-8-18(28-14)17-7-4-6-16(20(17)25)9-19-21(29-34(2,32)33)24(26,27)13-30(19)22(31)23-10-15(11-23)12-23/h3-8,15,19,21,29H,9-13H2,1-2H3/t15?,19-,21+,23?/m0/s1. The van der Waals surface area contributed by atoms with E-state index in [-0.39, 0.29) is 23.5 Å². The smallest absolute Gasteiger partial charge is 0.283 e. The second-order valence-corrected chi connectivity index (χ2v) is 11.8. The van der Waals surface area contributed by atoms with Crippen LogP contribution >= 0.6 is 0 Å². The van der Waals surface area contributed by atoms with E-state index in [0.717, 1.165) is 11.2 Å². The van der Waals surface area contributed by atoms with Crippen molar-refractivity contribution in [1.29, 1.82) is 0 Å². The van der Waals surface area contributed by atoms with Crippen molar-refractivity contribution in [2.45, 2.75) is 50.6 Å². The van der Waals surface area contributed by atoms with E-state index in [1.807, 2.05) is 4.72 Å². The molecule has 4 aliphatic rings. The molecule has 1 N–H and O–H groups in total. The van der Waals surface area contributed by atoms with Crippen LogP contribution in [0.3, 0.4) is 0 Å². The Kier molecular flexibility index (Phi) is 5.33. The number of rotatable bonds is 6. The van der Waals surface area contributed by atoms with Crippen molar-refractivity contribution in [1.82, 2.24) is 14.6 Å². The number of sulfonamides is 1. The van der Waals surface area contributed by atoms with E-state index in [9.17, 15) is 13.2 Å². The van der Waals surface area contributed by atoms with Crippen LogP contribution in [-0.4, -0.2) is 55.0 Å². The van der Waals surface area contributed by atoms with Crippen LogP contribution in [0.1, 0.15) is 30.5 Å². The lowest BCUT2D eigenvalue weighted by molar-refractivity contribution is -0.178. The summed E-state index contributed by atoms with van der Waals surface area (Å²) in [4.78, 5) is 18.7. The Bertz CT molecular complexity index is 1250. The number of alkyl halides is 2. The molecule has 1 aliphatic heterocycles. The lowest BCUT2D eigenvalue weighted by Crippen LogP contribution is -2.62. The predicted octanol–water partition coefficient (Wildman–Crippen LogP) is 3.30. The first kappa shape index (κ1) is 23.3. The molecule has 2 aromatic rings. The summed E-state index contributed by atoms with van der Waals surface area (Å²) in [5, 5.41) is 0. The lowest BCUT2D eigenvalue weighted by atomic mass is 9.44. The number of likely N-dealkylation sites (tertiary alicyclic amines) is 1. The number of hydrogen-bond donors (Lipinski definition) is 1. The Labute approximate surface area is 196 Å².